The van der Waals surface area contributed by atoms with Gasteiger partial charge in [-0.2, -0.15) is 5.26 Å². The Labute approximate surface area is 215 Å². The molecule has 0 spiro atoms. The van der Waals surface area contributed by atoms with Crippen LogP contribution >= 0.6 is 0 Å². The van der Waals surface area contributed by atoms with Crippen LogP contribution in [0.2, 0.25) is 0 Å². The van der Waals surface area contributed by atoms with Gasteiger partial charge in [0.1, 0.15) is 28.5 Å². The third-order valence-electron chi connectivity index (χ3n) is 7.97. The van der Waals surface area contributed by atoms with Gasteiger partial charge < -0.3 is 15.7 Å². The predicted octanol–water partition coefficient (Wildman–Crippen LogP) is 3.97. The van der Waals surface area contributed by atoms with E-state index in [1.54, 1.807) is 31.3 Å². The lowest BCUT2D eigenvalue weighted by atomic mass is 9.87. The Kier molecular flexibility index (Phi) is 5.46. The number of benzene rings is 2. The molecule has 8 nitrogen and oxygen atoms in total. The average Bonchev–Trinajstić information content (AvgIpc) is 3.50. The maximum atomic E-state index is 12.4. The fourth-order valence-electron chi connectivity index (χ4n) is 5.86. The van der Waals surface area contributed by atoms with E-state index in [1.807, 2.05) is 45.8 Å². The number of hydrogen-bond acceptors (Lipinski definition) is 6. The second-order valence-electron chi connectivity index (χ2n) is 10.2. The third-order valence-corrected chi connectivity index (χ3v) is 7.97. The summed E-state index contributed by atoms with van der Waals surface area (Å²) < 4.78 is 2.01. The number of rotatable bonds is 4. The number of carbonyl (C=O) groups is 1. The molecule has 4 aromatic rings. The van der Waals surface area contributed by atoms with E-state index in [-0.39, 0.29) is 11.8 Å². The van der Waals surface area contributed by atoms with Crippen LogP contribution in [0.3, 0.4) is 0 Å². The SMILES string of the molecule is C[C@](O)(c1ccc(-c2nc([C@@H]3CC[C@H]4CCC(=O)N4C3)n3ccnc(N)c23)cc1)c1cccc(C#N)c1. The zero-order valence-electron chi connectivity index (χ0n) is 20.6. The summed E-state index contributed by atoms with van der Waals surface area (Å²) in [6.45, 7) is 2.40. The van der Waals surface area contributed by atoms with Crippen molar-refractivity contribution in [3.05, 3.63) is 83.4 Å². The number of nitrogen functional groups attached to an aromatic ring is 1. The molecule has 2 aliphatic rings. The predicted molar refractivity (Wildman–Crippen MR) is 139 cm³/mol. The van der Waals surface area contributed by atoms with E-state index in [4.69, 9.17) is 10.7 Å². The van der Waals surface area contributed by atoms with Crippen LogP contribution in [0.15, 0.2) is 60.9 Å². The molecular weight excluding hydrogens is 464 g/mol. The first-order chi connectivity index (χ1) is 17.9. The molecule has 1 amide bonds. The van der Waals surface area contributed by atoms with Gasteiger partial charge in [-0.05, 0) is 49.4 Å². The van der Waals surface area contributed by atoms with Gasteiger partial charge in [-0.1, -0.05) is 36.4 Å². The maximum Gasteiger partial charge on any atom is 0.222 e. The molecule has 2 aliphatic heterocycles. The number of fused-ring (bicyclic) bond motifs is 2. The fraction of sp³-hybridized carbons (Fsp3) is 0.310. The number of nitriles is 1. The lowest BCUT2D eigenvalue weighted by molar-refractivity contribution is -0.130. The van der Waals surface area contributed by atoms with Crippen LogP contribution in [0.5, 0.6) is 0 Å². The number of anilines is 1. The Bertz CT molecular complexity index is 1550. The molecule has 0 unspecified atom stereocenters. The maximum absolute atomic E-state index is 12.4. The van der Waals surface area contributed by atoms with E-state index in [2.05, 4.69) is 11.1 Å². The zero-order chi connectivity index (χ0) is 25.7. The molecular formula is C29H28N6O2. The van der Waals surface area contributed by atoms with Crippen molar-refractivity contribution in [3.63, 3.8) is 0 Å². The summed E-state index contributed by atoms with van der Waals surface area (Å²) in [7, 11) is 0. The van der Waals surface area contributed by atoms with Crippen molar-refractivity contribution >= 4 is 17.2 Å². The minimum atomic E-state index is -1.27. The Morgan fingerprint density at radius 3 is 2.73 bits per heavy atom. The highest BCUT2D eigenvalue weighted by Gasteiger charge is 2.38. The molecule has 186 valence electrons. The quantitative estimate of drug-likeness (QED) is 0.445. The number of nitrogens with two attached hydrogens (primary N) is 1. The van der Waals surface area contributed by atoms with Crippen LogP contribution in [0.1, 0.15) is 61.0 Å². The van der Waals surface area contributed by atoms with E-state index in [0.29, 0.717) is 41.5 Å². The minimum absolute atomic E-state index is 0.119. The third kappa shape index (κ3) is 3.83. The molecule has 4 heterocycles. The Balaban J connectivity index is 1.37. The number of piperidine rings is 1. The number of carbonyl (C=O) groups excluding carboxylic acids is 1. The second-order valence-corrected chi connectivity index (χ2v) is 10.2. The summed E-state index contributed by atoms with van der Waals surface area (Å²) in [5, 5.41) is 20.6. The number of aromatic nitrogens is 3. The van der Waals surface area contributed by atoms with Gasteiger partial charge in [0.05, 0.1) is 11.6 Å². The summed E-state index contributed by atoms with van der Waals surface area (Å²) in [4.78, 5) is 23.8. The molecule has 0 bridgehead atoms. The van der Waals surface area contributed by atoms with Crippen LogP contribution in [-0.4, -0.2) is 42.9 Å². The Morgan fingerprint density at radius 2 is 1.95 bits per heavy atom. The normalized spacial score (nSPS) is 21.0. The van der Waals surface area contributed by atoms with Gasteiger partial charge in [-0.15, -0.1) is 0 Å². The van der Waals surface area contributed by atoms with Crippen molar-refractivity contribution in [3.8, 4) is 17.3 Å². The van der Waals surface area contributed by atoms with Crippen molar-refractivity contribution in [2.75, 3.05) is 12.3 Å². The molecule has 2 saturated heterocycles. The van der Waals surface area contributed by atoms with Crippen LogP contribution < -0.4 is 5.73 Å². The smallest absolute Gasteiger partial charge is 0.222 e. The zero-order valence-corrected chi connectivity index (χ0v) is 20.6. The first kappa shape index (κ1) is 23.2. The van der Waals surface area contributed by atoms with Gasteiger partial charge in [0, 0.05) is 42.9 Å². The van der Waals surface area contributed by atoms with Crippen LogP contribution in [0, 0.1) is 11.3 Å². The molecule has 0 radical (unpaired) electrons. The molecule has 0 saturated carbocycles. The minimum Gasteiger partial charge on any atom is -0.382 e. The highest BCUT2D eigenvalue weighted by Crippen LogP contribution is 2.38. The first-order valence-electron chi connectivity index (χ1n) is 12.6. The van der Waals surface area contributed by atoms with Gasteiger partial charge >= 0.3 is 0 Å². The van der Waals surface area contributed by atoms with Gasteiger partial charge in [0.15, 0.2) is 0 Å². The van der Waals surface area contributed by atoms with E-state index in [1.165, 1.54) is 0 Å². The van der Waals surface area contributed by atoms with E-state index >= 15 is 0 Å². The number of imidazole rings is 1. The number of hydrogen-bond donors (Lipinski definition) is 2. The summed E-state index contributed by atoms with van der Waals surface area (Å²) >= 11 is 0. The van der Waals surface area contributed by atoms with Crippen LogP contribution in [0.4, 0.5) is 5.82 Å². The number of aliphatic hydroxyl groups is 1. The monoisotopic (exact) mass is 492 g/mol. The van der Waals surface area contributed by atoms with Crippen LogP contribution in [-0.2, 0) is 10.4 Å². The van der Waals surface area contributed by atoms with Crippen molar-refractivity contribution < 1.29 is 9.90 Å². The van der Waals surface area contributed by atoms with Gasteiger partial charge in [-0.3, -0.25) is 9.20 Å². The molecule has 6 rings (SSSR count). The lowest BCUT2D eigenvalue weighted by Crippen LogP contribution is -2.41. The summed E-state index contributed by atoms with van der Waals surface area (Å²) in [5.74, 6) is 1.64. The van der Waals surface area contributed by atoms with E-state index < -0.39 is 5.60 Å². The largest absolute Gasteiger partial charge is 0.382 e. The topological polar surface area (TPSA) is 121 Å². The van der Waals surface area contributed by atoms with Crippen molar-refractivity contribution in [1.29, 1.82) is 5.26 Å². The van der Waals surface area contributed by atoms with Crippen molar-refractivity contribution in [1.82, 2.24) is 19.3 Å². The fourth-order valence-corrected chi connectivity index (χ4v) is 5.86. The lowest BCUT2D eigenvalue weighted by Gasteiger charge is -2.34. The molecule has 2 aromatic heterocycles. The Hall–Kier alpha value is -4.22. The van der Waals surface area contributed by atoms with E-state index in [0.717, 1.165) is 41.9 Å². The van der Waals surface area contributed by atoms with Crippen molar-refractivity contribution in [2.45, 2.75) is 50.2 Å². The second kappa shape index (κ2) is 8.71. The molecule has 2 aromatic carbocycles. The van der Waals surface area contributed by atoms with Crippen molar-refractivity contribution in [2.24, 2.45) is 0 Å². The Morgan fingerprint density at radius 1 is 1.14 bits per heavy atom. The molecule has 8 heteroatoms. The summed E-state index contributed by atoms with van der Waals surface area (Å²) in [5.41, 5.74) is 9.26. The van der Waals surface area contributed by atoms with E-state index in [9.17, 15) is 15.2 Å². The molecule has 2 fully saturated rings. The van der Waals surface area contributed by atoms with Gasteiger partial charge in [0.25, 0.3) is 0 Å². The number of nitrogens with zero attached hydrogens (tertiary/aromatic N) is 5. The molecule has 37 heavy (non-hydrogen) atoms. The highest BCUT2D eigenvalue weighted by atomic mass is 16.3. The van der Waals surface area contributed by atoms with Gasteiger partial charge in [0.2, 0.25) is 5.91 Å². The summed E-state index contributed by atoms with van der Waals surface area (Å²) in [6, 6.07) is 17.1. The molecule has 3 N–H and O–H groups in total. The highest BCUT2D eigenvalue weighted by molar-refractivity contribution is 5.85. The number of amides is 1. The molecule has 3 atom stereocenters. The van der Waals surface area contributed by atoms with Crippen LogP contribution in [0.25, 0.3) is 16.8 Å². The average molecular weight is 493 g/mol. The van der Waals surface area contributed by atoms with Gasteiger partial charge in [-0.25, -0.2) is 9.97 Å². The first-order valence-corrected chi connectivity index (χ1v) is 12.6. The molecule has 0 aliphatic carbocycles. The standard InChI is InChI=1S/C29H28N6O2/c1-29(37,22-4-2-3-18(15-22)16-30)21-8-5-19(6-9-21)25-26-27(31)32-13-14-34(26)28(33-25)20-7-10-23-11-12-24(36)35(23)17-20/h2-6,8-9,13-15,20,23,37H,7,10-12,17H2,1H3,(H2,31,32)/t20-,23+,29+/m1/s1. The summed E-state index contributed by atoms with van der Waals surface area (Å²) in [6.07, 6.45) is 7.11.